The van der Waals surface area contributed by atoms with E-state index >= 15 is 0 Å². The van der Waals surface area contributed by atoms with Gasteiger partial charge in [0.05, 0.1) is 25.4 Å². The number of alkyl halides is 1. The van der Waals surface area contributed by atoms with E-state index in [0.717, 1.165) is 49.1 Å². The third-order valence-corrected chi connectivity index (χ3v) is 4.89. The van der Waals surface area contributed by atoms with Gasteiger partial charge in [-0.3, -0.25) is 0 Å². The SMILES string of the molecule is Cc1ccccc1-c1ccc(OCCCCBr)c(C2OCCCO2)c1. The van der Waals surface area contributed by atoms with Gasteiger partial charge in [-0.25, -0.2) is 0 Å². The van der Waals surface area contributed by atoms with Crippen molar-refractivity contribution in [3.63, 3.8) is 0 Å². The Hall–Kier alpha value is -1.36. The molecule has 0 unspecified atom stereocenters. The van der Waals surface area contributed by atoms with Crippen LogP contribution in [0.1, 0.15) is 36.7 Å². The van der Waals surface area contributed by atoms with E-state index in [1.165, 1.54) is 16.7 Å². The van der Waals surface area contributed by atoms with Gasteiger partial charge >= 0.3 is 0 Å². The van der Waals surface area contributed by atoms with Crippen molar-refractivity contribution in [2.75, 3.05) is 25.2 Å². The first-order valence-electron chi connectivity index (χ1n) is 8.91. The normalized spacial score (nSPS) is 15.3. The first-order valence-corrected chi connectivity index (χ1v) is 10.0. The fourth-order valence-electron chi connectivity index (χ4n) is 2.97. The second-order valence-electron chi connectivity index (χ2n) is 6.24. The monoisotopic (exact) mass is 404 g/mol. The van der Waals surface area contributed by atoms with Gasteiger partial charge in [0.1, 0.15) is 5.75 Å². The van der Waals surface area contributed by atoms with Crippen LogP contribution in [0, 0.1) is 6.92 Å². The van der Waals surface area contributed by atoms with Gasteiger partial charge in [-0.05, 0) is 55.0 Å². The van der Waals surface area contributed by atoms with Crippen molar-refractivity contribution in [1.82, 2.24) is 0 Å². The number of hydrogen-bond donors (Lipinski definition) is 0. The van der Waals surface area contributed by atoms with Crippen molar-refractivity contribution in [3.8, 4) is 16.9 Å². The van der Waals surface area contributed by atoms with Gasteiger partial charge in [-0.15, -0.1) is 0 Å². The minimum atomic E-state index is -0.344. The Balaban J connectivity index is 1.88. The Morgan fingerprint density at radius 3 is 2.64 bits per heavy atom. The van der Waals surface area contributed by atoms with E-state index in [2.05, 4.69) is 59.3 Å². The zero-order valence-corrected chi connectivity index (χ0v) is 16.3. The molecule has 1 saturated heterocycles. The highest BCUT2D eigenvalue weighted by Crippen LogP contribution is 2.35. The Morgan fingerprint density at radius 2 is 1.88 bits per heavy atom. The molecular weight excluding hydrogens is 380 g/mol. The Kier molecular flexibility index (Phi) is 6.91. The summed E-state index contributed by atoms with van der Waals surface area (Å²) in [5.41, 5.74) is 4.63. The van der Waals surface area contributed by atoms with E-state index in [4.69, 9.17) is 14.2 Å². The van der Waals surface area contributed by atoms with Crippen molar-refractivity contribution >= 4 is 15.9 Å². The van der Waals surface area contributed by atoms with Gasteiger partial charge < -0.3 is 14.2 Å². The van der Waals surface area contributed by atoms with E-state index in [-0.39, 0.29) is 6.29 Å². The summed E-state index contributed by atoms with van der Waals surface area (Å²) in [7, 11) is 0. The maximum absolute atomic E-state index is 6.03. The van der Waals surface area contributed by atoms with Crippen molar-refractivity contribution in [2.45, 2.75) is 32.5 Å². The van der Waals surface area contributed by atoms with Crippen LogP contribution in [-0.2, 0) is 9.47 Å². The van der Waals surface area contributed by atoms with Crippen LogP contribution in [-0.4, -0.2) is 25.2 Å². The van der Waals surface area contributed by atoms with Crippen LogP contribution >= 0.6 is 15.9 Å². The molecule has 4 heteroatoms. The molecule has 0 spiro atoms. The number of aryl methyl sites for hydroxylation is 1. The highest BCUT2D eigenvalue weighted by Gasteiger charge is 2.22. The molecule has 2 aromatic carbocycles. The van der Waals surface area contributed by atoms with Gasteiger partial charge in [0, 0.05) is 5.33 Å². The van der Waals surface area contributed by atoms with Crippen LogP contribution < -0.4 is 4.74 Å². The second kappa shape index (κ2) is 9.37. The average molecular weight is 405 g/mol. The molecular formula is C21H25BrO3. The van der Waals surface area contributed by atoms with E-state index in [9.17, 15) is 0 Å². The van der Waals surface area contributed by atoms with Crippen LogP contribution in [0.15, 0.2) is 42.5 Å². The van der Waals surface area contributed by atoms with Gasteiger partial charge in [-0.2, -0.15) is 0 Å². The highest BCUT2D eigenvalue weighted by atomic mass is 79.9. The first kappa shape index (κ1) is 18.4. The molecule has 1 heterocycles. The summed E-state index contributed by atoms with van der Waals surface area (Å²) >= 11 is 3.46. The fourth-order valence-corrected chi connectivity index (χ4v) is 3.37. The van der Waals surface area contributed by atoms with Crippen LogP contribution in [0.3, 0.4) is 0 Å². The fraction of sp³-hybridized carbons (Fsp3) is 0.429. The number of ether oxygens (including phenoxy) is 3. The van der Waals surface area contributed by atoms with Crippen molar-refractivity contribution in [1.29, 1.82) is 0 Å². The largest absolute Gasteiger partial charge is 0.493 e. The summed E-state index contributed by atoms with van der Waals surface area (Å²) in [6.45, 7) is 4.28. The molecule has 0 saturated carbocycles. The molecule has 25 heavy (non-hydrogen) atoms. The molecule has 0 bridgehead atoms. The maximum atomic E-state index is 6.03. The third-order valence-electron chi connectivity index (χ3n) is 4.33. The van der Waals surface area contributed by atoms with Gasteiger partial charge in [-0.1, -0.05) is 46.3 Å². The Morgan fingerprint density at radius 1 is 1.08 bits per heavy atom. The third kappa shape index (κ3) is 4.84. The maximum Gasteiger partial charge on any atom is 0.187 e. The zero-order chi connectivity index (χ0) is 17.5. The Bertz CT molecular complexity index is 681. The van der Waals surface area contributed by atoms with Crippen LogP contribution in [0.5, 0.6) is 5.75 Å². The predicted octanol–water partition coefficient (Wildman–Crippen LogP) is 5.65. The standard InChI is InChI=1S/C21H25BrO3/c1-16-7-2-3-8-18(16)17-9-10-20(23-12-5-4-11-22)19(15-17)21-24-13-6-14-25-21/h2-3,7-10,15,21H,4-6,11-14H2,1H3. The average Bonchev–Trinajstić information content (AvgIpc) is 2.66. The van der Waals surface area contributed by atoms with Gasteiger partial charge in [0.2, 0.25) is 0 Å². The molecule has 134 valence electrons. The summed E-state index contributed by atoms with van der Waals surface area (Å²) in [4.78, 5) is 0. The lowest BCUT2D eigenvalue weighted by Crippen LogP contribution is -2.18. The van der Waals surface area contributed by atoms with E-state index in [1.54, 1.807) is 0 Å². The van der Waals surface area contributed by atoms with Crippen LogP contribution in [0.4, 0.5) is 0 Å². The summed E-state index contributed by atoms with van der Waals surface area (Å²) in [6, 6.07) is 14.7. The quantitative estimate of drug-likeness (QED) is 0.440. The zero-order valence-electron chi connectivity index (χ0n) is 14.7. The smallest absolute Gasteiger partial charge is 0.187 e. The molecule has 0 atom stereocenters. The summed E-state index contributed by atoms with van der Waals surface area (Å²) < 4.78 is 17.7. The molecule has 1 fully saturated rings. The van der Waals surface area contributed by atoms with E-state index < -0.39 is 0 Å². The lowest BCUT2D eigenvalue weighted by molar-refractivity contribution is -0.183. The minimum Gasteiger partial charge on any atom is -0.493 e. The molecule has 2 aromatic rings. The predicted molar refractivity (Wildman–Crippen MR) is 104 cm³/mol. The molecule has 1 aliphatic rings. The van der Waals surface area contributed by atoms with Gasteiger partial charge in [0.15, 0.2) is 6.29 Å². The topological polar surface area (TPSA) is 27.7 Å². The summed E-state index contributed by atoms with van der Waals surface area (Å²) in [6.07, 6.45) is 2.72. The number of unbranched alkanes of at least 4 members (excludes halogenated alkanes) is 1. The van der Waals surface area contributed by atoms with Crippen LogP contribution in [0.25, 0.3) is 11.1 Å². The Labute approximate surface area is 158 Å². The molecule has 0 N–H and O–H groups in total. The van der Waals surface area contributed by atoms with Crippen LogP contribution in [0.2, 0.25) is 0 Å². The molecule has 1 aliphatic heterocycles. The van der Waals surface area contributed by atoms with E-state index in [0.29, 0.717) is 6.61 Å². The lowest BCUT2D eigenvalue weighted by Gasteiger charge is -2.26. The molecule has 0 radical (unpaired) electrons. The number of benzene rings is 2. The molecule has 0 aromatic heterocycles. The summed E-state index contributed by atoms with van der Waals surface area (Å²) in [5.74, 6) is 0.860. The number of halogens is 1. The van der Waals surface area contributed by atoms with E-state index in [1.807, 2.05) is 6.07 Å². The highest BCUT2D eigenvalue weighted by molar-refractivity contribution is 9.09. The molecule has 3 rings (SSSR count). The van der Waals surface area contributed by atoms with Gasteiger partial charge in [0.25, 0.3) is 0 Å². The lowest BCUT2D eigenvalue weighted by atomic mass is 9.98. The minimum absolute atomic E-state index is 0.344. The summed E-state index contributed by atoms with van der Waals surface area (Å²) in [5, 5.41) is 1.00. The molecule has 0 amide bonds. The molecule has 3 nitrogen and oxygen atoms in total. The van der Waals surface area contributed by atoms with Crippen molar-refractivity contribution in [3.05, 3.63) is 53.6 Å². The number of rotatable bonds is 7. The molecule has 0 aliphatic carbocycles. The second-order valence-corrected chi connectivity index (χ2v) is 7.03. The van der Waals surface area contributed by atoms with Crippen molar-refractivity contribution in [2.24, 2.45) is 0 Å². The van der Waals surface area contributed by atoms with Crippen molar-refractivity contribution < 1.29 is 14.2 Å². The number of hydrogen-bond acceptors (Lipinski definition) is 3. The first-order chi connectivity index (χ1) is 12.3.